The lowest BCUT2D eigenvalue weighted by molar-refractivity contribution is -0.379. The Balaban J connectivity index is 1.52. The van der Waals surface area contributed by atoms with Crippen LogP contribution in [-0.2, 0) is 33.2 Å². The van der Waals surface area contributed by atoms with Crippen molar-refractivity contribution in [3.63, 3.8) is 0 Å². The lowest BCUT2D eigenvalue weighted by Gasteiger charge is -2.48. The molecule has 12 N–H and O–H groups in total. The summed E-state index contributed by atoms with van der Waals surface area (Å²) in [6.45, 7) is 1.69. The first kappa shape index (κ1) is 71.3. The van der Waals surface area contributed by atoms with E-state index in [9.17, 15) is 61.0 Å². The van der Waals surface area contributed by atoms with Crippen molar-refractivity contribution in [2.24, 2.45) is 0 Å². The quantitative estimate of drug-likeness (QED) is 0.0257. The summed E-state index contributed by atoms with van der Waals surface area (Å²) in [6, 6.07) is -0.992. The van der Waals surface area contributed by atoms with Crippen LogP contribution in [0.15, 0.2) is 36.5 Å². The third-order valence-corrected chi connectivity index (χ3v) is 15.4. The van der Waals surface area contributed by atoms with Crippen LogP contribution in [0, 0.1) is 0 Å². The Bertz CT molecular complexity index is 1590. The molecule has 19 nitrogen and oxygen atoms in total. The van der Waals surface area contributed by atoms with E-state index in [4.69, 9.17) is 28.4 Å². The summed E-state index contributed by atoms with van der Waals surface area (Å²) in [5.74, 6) is -0.295. The second-order valence-electron chi connectivity index (χ2n) is 22.2. The zero-order valence-electron chi connectivity index (χ0n) is 48.1. The number of carbonyl (C=O) groups is 1. The number of ether oxygens (including phenoxy) is 6. The highest BCUT2D eigenvalue weighted by Gasteiger charge is 2.53. The monoisotopic (exact) mass is 1130 g/mol. The number of unbranched alkanes of at least 4 members (excludes halogenated alkanes) is 25. The topological polar surface area (TPSA) is 307 Å². The summed E-state index contributed by atoms with van der Waals surface area (Å²) in [4.78, 5) is 13.3. The minimum absolute atomic E-state index is 0.226. The van der Waals surface area contributed by atoms with E-state index in [0.717, 1.165) is 57.8 Å². The standard InChI is InChI=1S/C60H109NO18/c1-3-5-7-9-11-13-15-17-19-20-21-22-24-25-27-29-31-33-35-37-44(65)43(61-48(66)38-36-34-32-30-28-26-23-18-16-14-12-10-8-6-4-2)42-74-58-54(72)51(69)56(46(40-63)76-58)79-60-55(73)52(70)57(47(41-64)77-60)78-59-53(71)50(68)49(67)45(39-62)75-59/h18,23,27,29,35,37,43-47,49-60,62-65,67-73H,3-17,19-22,24-26,28,30-34,36,38-42H2,1-2H3,(H,61,66)/b23-18-,29-27+,37-35+. The van der Waals surface area contributed by atoms with Crippen LogP contribution >= 0.6 is 0 Å². The van der Waals surface area contributed by atoms with Crippen molar-refractivity contribution in [1.29, 1.82) is 0 Å². The third-order valence-electron chi connectivity index (χ3n) is 15.4. The summed E-state index contributed by atoms with van der Waals surface area (Å²) >= 11 is 0. The molecule has 0 aliphatic carbocycles. The Kier molecular flexibility index (Phi) is 39.4. The molecule has 3 aliphatic rings. The Morgan fingerprint density at radius 3 is 1.27 bits per heavy atom. The highest BCUT2D eigenvalue weighted by Crippen LogP contribution is 2.33. The number of hydrogen-bond donors (Lipinski definition) is 12. The first-order valence-electron chi connectivity index (χ1n) is 30.7. The second-order valence-corrected chi connectivity index (χ2v) is 22.2. The van der Waals surface area contributed by atoms with E-state index in [1.54, 1.807) is 6.08 Å². The van der Waals surface area contributed by atoms with Crippen molar-refractivity contribution in [3.05, 3.63) is 36.5 Å². The van der Waals surface area contributed by atoms with E-state index in [2.05, 4.69) is 43.5 Å². The summed E-state index contributed by atoms with van der Waals surface area (Å²) in [6.07, 6.45) is 19.8. The van der Waals surface area contributed by atoms with Gasteiger partial charge in [-0.05, 0) is 57.8 Å². The molecule has 3 rings (SSSR count). The van der Waals surface area contributed by atoms with Gasteiger partial charge in [-0.1, -0.05) is 179 Å². The van der Waals surface area contributed by atoms with Crippen molar-refractivity contribution in [2.75, 3.05) is 26.4 Å². The van der Waals surface area contributed by atoms with Gasteiger partial charge in [0.05, 0.1) is 38.6 Å². The molecule has 19 heteroatoms. The molecule has 79 heavy (non-hydrogen) atoms. The molecule has 0 saturated carbocycles. The van der Waals surface area contributed by atoms with Crippen molar-refractivity contribution >= 4 is 5.91 Å². The molecule has 3 fully saturated rings. The summed E-state index contributed by atoms with van der Waals surface area (Å²) in [7, 11) is 0. The molecule has 17 atom stereocenters. The Morgan fingerprint density at radius 1 is 0.443 bits per heavy atom. The van der Waals surface area contributed by atoms with Gasteiger partial charge in [0.15, 0.2) is 18.9 Å². The predicted molar refractivity (Wildman–Crippen MR) is 300 cm³/mol. The van der Waals surface area contributed by atoms with Crippen LogP contribution in [0.5, 0.6) is 0 Å². The number of carbonyl (C=O) groups excluding carboxylic acids is 1. The zero-order chi connectivity index (χ0) is 57.6. The first-order valence-corrected chi connectivity index (χ1v) is 30.7. The molecular weight excluding hydrogens is 1020 g/mol. The van der Waals surface area contributed by atoms with Gasteiger partial charge in [-0.25, -0.2) is 0 Å². The number of nitrogens with one attached hydrogen (secondary N) is 1. The van der Waals surface area contributed by atoms with Crippen LogP contribution < -0.4 is 5.32 Å². The number of rotatable bonds is 45. The highest BCUT2D eigenvalue weighted by atomic mass is 16.8. The summed E-state index contributed by atoms with van der Waals surface area (Å²) in [5, 5.41) is 120. The normalized spacial score (nSPS) is 30.5. The molecule has 0 radical (unpaired) electrons. The SMILES string of the molecule is CCCCCCCC/C=C\CCCCCCCC(=O)NC(COC1OC(CO)C(OC2OC(CO)C(OC3OC(CO)C(O)C(O)C3O)C(O)C2O)C(O)C1O)C(O)/C=C/CC/C=C/CCCCCCCCCCCCCCC. The minimum Gasteiger partial charge on any atom is -0.394 e. The van der Waals surface area contributed by atoms with Gasteiger partial charge in [-0.2, -0.15) is 0 Å². The zero-order valence-corrected chi connectivity index (χ0v) is 48.1. The summed E-state index contributed by atoms with van der Waals surface area (Å²) in [5.41, 5.74) is 0. The van der Waals surface area contributed by atoms with Crippen LogP contribution in [-0.4, -0.2) is 193 Å². The lowest BCUT2D eigenvalue weighted by atomic mass is 9.96. The number of aliphatic hydroxyl groups is 11. The van der Waals surface area contributed by atoms with E-state index in [-0.39, 0.29) is 18.9 Å². The fourth-order valence-corrected chi connectivity index (χ4v) is 10.3. The maximum absolute atomic E-state index is 13.3. The first-order chi connectivity index (χ1) is 38.3. The van der Waals surface area contributed by atoms with Crippen LogP contribution in [0.2, 0.25) is 0 Å². The second kappa shape index (κ2) is 43.6. The maximum atomic E-state index is 13.3. The van der Waals surface area contributed by atoms with Crippen molar-refractivity contribution in [3.8, 4) is 0 Å². The fraction of sp³-hybridized carbons (Fsp3) is 0.883. The largest absolute Gasteiger partial charge is 0.394 e. The van der Waals surface area contributed by atoms with Gasteiger partial charge < -0.3 is 89.9 Å². The average molecular weight is 1130 g/mol. The van der Waals surface area contributed by atoms with Gasteiger partial charge in [-0.3, -0.25) is 4.79 Å². The molecule has 0 aromatic heterocycles. The Labute approximate surface area is 472 Å². The van der Waals surface area contributed by atoms with Crippen LogP contribution in [0.4, 0.5) is 0 Å². The van der Waals surface area contributed by atoms with Gasteiger partial charge in [-0.15, -0.1) is 0 Å². The predicted octanol–water partition coefficient (Wildman–Crippen LogP) is 5.71. The van der Waals surface area contributed by atoms with E-state index in [0.29, 0.717) is 12.8 Å². The minimum atomic E-state index is -1.98. The molecule has 462 valence electrons. The van der Waals surface area contributed by atoms with Crippen LogP contribution in [0.25, 0.3) is 0 Å². The van der Waals surface area contributed by atoms with Crippen LogP contribution in [0.3, 0.4) is 0 Å². The highest BCUT2D eigenvalue weighted by molar-refractivity contribution is 5.76. The van der Waals surface area contributed by atoms with E-state index < -0.39 is 124 Å². The van der Waals surface area contributed by atoms with Gasteiger partial charge >= 0.3 is 0 Å². The average Bonchev–Trinajstić information content (AvgIpc) is 3.47. The van der Waals surface area contributed by atoms with Crippen molar-refractivity contribution in [1.82, 2.24) is 5.32 Å². The molecule has 0 bridgehead atoms. The van der Waals surface area contributed by atoms with Gasteiger partial charge in [0.2, 0.25) is 5.91 Å². The Hall–Kier alpha value is -1.99. The number of amides is 1. The van der Waals surface area contributed by atoms with E-state index in [1.165, 1.54) is 116 Å². The van der Waals surface area contributed by atoms with Crippen molar-refractivity contribution in [2.45, 2.75) is 311 Å². The smallest absolute Gasteiger partial charge is 0.220 e. The van der Waals surface area contributed by atoms with Gasteiger partial charge in [0, 0.05) is 6.42 Å². The van der Waals surface area contributed by atoms with E-state index >= 15 is 0 Å². The maximum Gasteiger partial charge on any atom is 0.220 e. The molecular formula is C60H109NO18. The lowest BCUT2D eigenvalue weighted by Crippen LogP contribution is -2.66. The molecule has 0 aromatic carbocycles. The molecule has 1 amide bonds. The Morgan fingerprint density at radius 2 is 0.810 bits per heavy atom. The van der Waals surface area contributed by atoms with E-state index in [1.807, 2.05) is 6.08 Å². The van der Waals surface area contributed by atoms with Crippen molar-refractivity contribution < 1.29 is 89.4 Å². The molecule has 3 heterocycles. The van der Waals surface area contributed by atoms with Gasteiger partial charge in [0.25, 0.3) is 0 Å². The fourth-order valence-electron chi connectivity index (χ4n) is 10.3. The van der Waals surface area contributed by atoms with Gasteiger partial charge in [0.1, 0.15) is 73.2 Å². The number of allylic oxidation sites excluding steroid dienone is 5. The molecule has 3 aliphatic heterocycles. The molecule has 3 saturated heterocycles. The molecule has 0 spiro atoms. The number of aliphatic hydroxyl groups excluding tert-OH is 11. The molecule has 0 aromatic rings. The van der Waals surface area contributed by atoms with Crippen LogP contribution in [0.1, 0.15) is 206 Å². The number of hydrogen-bond acceptors (Lipinski definition) is 18. The molecule has 17 unspecified atom stereocenters. The summed E-state index contributed by atoms with van der Waals surface area (Å²) < 4.78 is 34.2. The third kappa shape index (κ3) is 27.5.